The molecule has 0 fully saturated rings. The van der Waals surface area contributed by atoms with Crippen LogP contribution in [-0.2, 0) is 4.79 Å². The van der Waals surface area contributed by atoms with Gasteiger partial charge < -0.3 is 20.1 Å². The van der Waals surface area contributed by atoms with Crippen LogP contribution in [-0.4, -0.2) is 33.8 Å². The molecule has 1 atom stereocenters. The molecule has 0 radical (unpaired) electrons. The molecule has 1 aliphatic heterocycles. The Morgan fingerprint density at radius 1 is 1.38 bits per heavy atom. The Bertz CT molecular complexity index is 881. The second-order valence-electron chi connectivity index (χ2n) is 6.07. The number of thioether (sulfide) groups is 1. The number of carbonyl (C=O) groups is 1. The number of nitrogens with zero attached hydrogens (tertiary/aromatic N) is 1. The number of aromatic nitrogens is 2. The molecule has 1 amide bonds. The predicted octanol–water partition coefficient (Wildman–Crippen LogP) is 2.85. The summed E-state index contributed by atoms with van der Waals surface area (Å²) in [6, 6.07) is 4.83. The zero-order valence-electron chi connectivity index (χ0n) is 14.7. The van der Waals surface area contributed by atoms with Gasteiger partial charge in [0.25, 0.3) is 5.56 Å². The van der Waals surface area contributed by atoms with Gasteiger partial charge in [0.05, 0.1) is 12.7 Å². The summed E-state index contributed by atoms with van der Waals surface area (Å²) in [5, 5.41) is 13.5. The third kappa shape index (κ3) is 3.70. The Morgan fingerprint density at radius 3 is 2.88 bits per heavy atom. The molecule has 0 aliphatic carbocycles. The number of unbranched alkanes of at least 4 members (excludes halogenated alkanes) is 1. The van der Waals surface area contributed by atoms with Gasteiger partial charge in [-0.15, -0.1) is 0 Å². The summed E-state index contributed by atoms with van der Waals surface area (Å²) in [6.07, 6.45) is 2.14. The van der Waals surface area contributed by atoms with Crippen LogP contribution in [0.25, 0.3) is 0 Å². The quantitative estimate of drug-likeness (QED) is 0.407. The van der Waals surface area contributed by atoms with E-state index in [-0.39, 0.29) is 29.5 Å². The third-order valence-electron chi connectivity index (χ3n) is 4.28. The van der Waals surface area contributed by atoms with E-state index < -0.39 is 5.92 Å². The molecule has 1 aromatic carbocycles. The highest BCUT2D eigenvalue weighted by Gasteiger charge is 2.32. The lowest BCUT2D eigenvalue weighted by Gasteiger charge is -2.25. The number of carbonyl (C=O) groups excluding carboxylic acids is 1. The number of methoxy groups -OCH3 is 1. The summed E-state index contributed by atoms with van der Waals surface area (Å²) in [6.45, 7) is 2.09. The Morgan fingerprint density at radius 2 is 2.19 bits per heavy atom. The summed E-state index contributed by atoms with van der Waals surface area (Å²) in [5.74, 6) is 0.798. The molecule has 7 nitrogen and oxygen atoms in total. The molecule has 0 bridgehead atoms. The average Bonchev–Trinajstić information content (AvgIpc) is 2.60. The van der Waals surface area contributed by atoms with Crippen LogP contribution in [0, 0.1) is 0 Å². The number of phenols is 1. The Balaban J connectivity index is 2.01. The number of fused-ring (bicyclic) bond motifs is 1. The van der Waals surface area contributed by atoms with Gasteiger partial charge in [0.1, 0.15) is 17.3 Å². The number of rotatable bonds is 6. The van der Waals surface area contributed by atoms with Gasteiger partial charge in [-0.05, 0) is 12.5 Å². The molecule has 8 heteroatoms. The van der Waals surface area contributed by atoms with Crippen molar-refractivity contribution < 1.29 is 14.6 Å². The third-order valence-corrected chi connectivity index (χ3v) is 5.24. The smallest absolute Gasteiger partial charge is 0.257 e. The Labute approximate surface area is 155 Å². The number of ether oxygens (including phenoxy) is 1. The van der Waals surface area contributed by atoms with Gasteiger partial charge in [0, 0.05) is 29.7 Å². The molecule has 1 unspecified atom stereocenters. The van der Waals surface area contributed by atoms with Gasteiger partial charge in [-0.1, -0.05) is 31.2 Å². The fourth-order valence-electron chi connectivity index (χ4n) is 2.94. The first-order valence-corrected chi connectivity index (χ1v) is 9.45. The molecule has 3 N–H and O–H groups in total. The number of H-pyrrole nitrogens is 1. The predicted molar refractivity (Wildman–Crippen MR) is 100 cm³/mol. The summed E-state index contributed by atoms with van der Waals surface area (Å²) < 4.78 is 5.09. The van der Waals surface area contributed by atoms with E-state index in [9.17, 15) is 14.7 Å². The normalized spacial score (nSPS) is 16.1. The van der Waals surface area contributed by atoms with Crippen molar-refractivity contribution in [2.75, 3.05) is 18.2 Å². The minimum absolute atomic E-state index is 0.0178. The first-order chi connectivity index (χ1) is 12.5. The van der Waals surface area contributed by atoms with Crippen molar-refractivity contribution in [3.05, 3.63) is 39.7 Å². The number of aromatic hydroxyl groups is 1. The van der Waals surface area contributed by atoms with E-state index in [4.69, 9.17) is 4.74 Å². The summed E-state index contributed by atoms with van der Waals surface area (Å²) in [7, 11) is 1.50. The molecule has 138 valence electrons. The fraction of sp³-hybridized carbons (Fsp3) is 0.389. The molecule has 0 saturated carbocycles. The van der Waals surface area contributed by atoms with Crippen molar-refractivity contribution in [3.63, 3.8) is 0 Å². The van der Waals surface area contributed by atoms with Gasteiger partial charge in [-0.25, -0.2) is 4.98 Å². The van der Waals surface area contributed by atoms with Crippen LogP contribution in [0.2, 0.25) is 0 Å². The lowest BCUT2D eigenvalue weighted by atomic mass is 9.86. The molecule has 0 saturated heterocycles. The highest BCUT2D eigenvalue weighted by molar-refractivity contribution is 7.99. The maximum absolute atomic E-state index is 12.7. The van der Waals surface area contributed by atoms with Crippen molar-refractivity contribution >= 4 is 23.5 Å². The monoisotopic (exact) mass is 375 g/mol. The lowest BCUT2D eigenvalue weighted by molar-refractivity contribution is -0.116. The molecular weight excluding hydrogens is 354 g/mol. The summed E-state index contributed by atoms with van der Waals surface area (Å²) in [5.41, 5.74) is 0.569. The van der Waals surface area contributed by atoms with E-state index in [1.54, 1.807) is 12.1 Å². The van der Waals surface area contributed by atoms with E-state index in [2.05, 4.69) is 22.2 Å². The number of phenolic OH excluding ortho intramolecular Hbond substituents is 1. The number of aromatic amines is 1. The first kappa shape index (κ1) is 18.3. The second kappa shape index (κ2) is 7.82. The van der Waals surface area contributed by atoms with Crippen LogP contribution in [0.15, 0.2) is 28.2 Å². The van der Waals surface area contributed by atoms with Crippen molar-refractivity contribution in [2.45, 2.75) is 37.3 Å². The summed E-state index contributed by atoms with van der Waals surface area (Å²) >= 11 is 1.45. The van der Waals surface area contributed by atoms with Crippen LogP contribution in [0.1, 0.15) is 43.2 Å². The maximum Gasteiger partial charge on any atom is 0.257 e. The van der Waals surface area contributed by atoms with Crippen LogP contribution in [0.4, 0.5) is 5.82 Å². The number of anilines is 1. The van der Waals surface area contributed by atoms with Gasteiger partial charge in [-0.3, -0.25) is 9.59 Å². The molecule has 3 rings (SSSR count). The molecular formula is C18H21N3O4S. The Kier molecular flexibility index (Phi) is 5.51. The number of hydrogen-bond acceptors (Lipinski definition) is 6. The van der Waals surface area contributed by atoms with E-state index >= 15 is 0 Å². The van der Waals surface area contributed by atoms with E-state index in [1.165, 1.54) is 24.9 Å². The van der Waals surface area contributed by atoms with Crippen LogP contribution in [0.5, 0.6) is 11.5 Å². The molecule has 2 aromatic rings. The minimum Gasteiger partial charge on any atom is -0.508 e. The van der Waals surface area contributed by atoms with Crippen molar-refractivity contribution in [3.8, 4) is 11.5 Å². The number of hydrogen-bond donors (Lipinski definition) is 3. The topological polar surface area (TPSA) is 104 Å². The van der Waals surface area contributed by atoms with Crippen LogP contribution >= 0.6 is 11.8 Å². The maximum atomic E-state index is 12.7. The molecule has 26 heavy (non-hydrogen) atoms. The number of amides is 1. The molecule has 0 spiro atoms. The fourth-order valence-corrected chi connectivity index (χ4v) is 3.89. The second-order valence-corrected chi connectivity index (χ2v) is 7.15. The average molecular weight is 375 g/mol. The largest absolute Gasteiger partial charge is 0.508 e. The van der Waals surface area contributed by atoms with Gasteiger partial charge in [0.15, 0.2) is 5.16 Å². The first-order valence-electron chi connectivity index (χ1n) is 8.47. The van der Waals surface area contributed by atoms with Gasteiger partial charge >= 0.3 is 0 Å². The molecule has 2 heterocycles. The standard InChI is InChI=1S/C18H21N3O4S/c1-3-4-7-26-18-20-16-15(17(24)21-18)12(9-14(23)19-16)11-6-5-10(25-2)8-13(11)22/h5-6,8,12,22H,3-4,7,9H2,1-2H3,(H2,19,20,21,23,24). The number of nitrogens with one attached hydrogen (secondary N) is 2. The SMILES string of the molecule is CCCCSc1nc2c(c(=O)[nH]1)C(c1ccc(OC)cc1O)CC(=O)N2. The van der Waals surface area contributed by atoms with E-state index in [1.807, 2.05) is 0 Å². The van der Waals surface area contributed by atoms with E-state index in [0.29, 0.717) is 22.0 Å². The summed E-state index contributed by atoms with van der Waals surface area (Å²) in [4.78, 5) is 32.0. The van der Waals surface area contributed by atoms with Crippen molar-refractivity contribution in [2.24, 2.45) is 0 Å². The van der Waals surface area contributed by atoms with E-state index in [0.717, 1.165) is 18.6 Å². The highest BCUT2D eigenvalue weighted by Crippen LogP contribution is 2.39. The zero-order chi connectivity index (χ0) is 18.7. The Hall–Kier alpha value is -2.48. The molecule has 1 aromatic heterocycles. The van der Waals surface area contributed by atoms with Crippen molar-refractivity contribution in [1.82, 2.24) is 9.97 Å². The zero-order valence-corrected chi connectivity index (χ0v) is 15.5. The lowest BCUT2D eigenvalue weighted by Crippen LogP contribution is -2.31. The highest BCUT2D eigenvalue weighted by atomic mass is 32.2. The minimum atomic E-state index is -0.560. The van der Waals surface area contributed by atoms with Crippen LogP contribution in [0.3, 0.4) is 0 Å². The van der Waals surface area contributed by atoms with Gasteiger partial charge in [0.2, 0.25) is 5.91 Å². The van der Waals surface area contributed by atoms with Crippen LogP contribution < -0.4 is 15.6 Å². The van der Waals surface area contributed by atoms with Crippen molar-refractivity contribution in [1.29, 1.82) is 0 Å². The number of benzene rings is 1. The molecule has 1 aliphatic rings. The van der Waals surface area contributed by atoms with Gasteiger partial charge in [-0.2, -0.15) is 0 Å².